The number of nitrogens with one attached hydrogen (secondary N) is 1. The SMILES string of the molecule is COc1ccc(CNc2nc3c(C)cccn3c(=O)c2/C=C2/SC(=S)N(C[C@@H]3CCCO3)C2=O)cc1. The summed E-state index contributed by atoms with van der Waals surface area (Å²) in [5.74, 6) is 0.965. The molecule has 2 fully saturated rings. The van der Waals surface area contributed by atoms with Crippen LogP contribution in [-0.4, -0.2) is 50.9 Å². The van der Waals surface area contributed by atoms with Crippen LogP contribution in [0.25, 0.3) is 11.7 Å². The third kappa shape index (κ3) is 4.88. The molecule has 0 bridgehead atoms. The van der Waals surface area contributed by atoms with Gasteiger partial charge >= 0.3 is 0 Å². The molecular formula is C26H26N4O4S2. The van der Waals surface area contributed by atoms with Crippen molar-refractivity contribution in [2.75, 3.05) is 25.6 Å². The number of amides is 1. The number of fused-ring (bicyclic) bond motifs is 1. The van der Waals surface area contributed by atoms with Gasteiger partial charge in [0.25, 0.3) is 11.5 Å². The van der Waals surface area contributed by atoms with Crippen molar-refractivity contribution in [2.45, 2.75) is 32.4 Å². The van der Waals surface area contributed by atoms with Gasteiger partial charge in [-0.15, -0.1) is 0 Å². The average Bonchev–Trinajstić information content (AvgIpc) is 3.49. The molecule has 2 saturated heterocycles. The fourth-order valence-electron chi connectivity index (χ4n) is 4.29. The molecule has 10 heteroatoms. The number of carbonyl (C=O) groups is 1. The second kappa shape index (κ2) is 10.4. The van der Waals surface area contributed by atoms with Gasteiger partial charge < -0.3 is 14.8 Å². The topological polar surface area (TPSA) is 85.2 Å². The molecule has 0 aliphatic carbocycles. The molecule has 3 aromatic rings. The van der Waals surface area contributed by atoms with Crippen molar-refractivity contribution in [1.82, 2.24) is 14.3 Å². The molecule has 1 aromatic carbocycles. The van der Waals surface area contributed by atoms with Crippen LogP contribution in [0.15, 0.2) is 52.3 Å². The number of rotatable bonds is 7. The molecule has 2 aliphatic rings. The van der Waals surface area contributed by atoms with E-state index < -0.39 is 0 Å². The summed E-state index contributed by atoms with van der Waals surface area (Å²) in [5.41, 5.74) is 2.48. The van der Waals surface area contributed by atoms with Gasteiger partial charge in [-0.2, -0.15) is 0 Å². The smallest absolute Gasteiger partial charge is 0.267 e. The summed E-state index contributed by atoms with van der Waals surface area (Å²) in [5, 5.41) is 3.30. The number of hydrogen-bond donors (Lipinski definition) is 1. The fraction of sp³-hybridized carbons (Fsp3) is 0.308. The van der Waals surface area contributed by atoms with Gasteiger partial charge in [0.15, 0.2) is 0 Å². The molecule has 0 saturated carbocycles. The van der Waals surface area contributed by atoms with Crippen LogP contribution in [0.3, 0.4) is 0 Å². The van der Waals surface area contributed by atoms with Crippen LogP contribution in [0.1, 0.15) is 29.5 Å². The third-order valence-corrected chi connectivity index (χ3v) is 7.64. The minimum Gasteiger partial charge on any atom is -0.497 e. The molecule has 0 radical (unpaired) electrons. The highest BCUT2D eigenvalue weighted by atomic mass is 32.2. The number of aromatic nitrogens is 2. The van der Waals surface area contributed by atoms with E-state index in [4.69, 9.17) is 26.7 Å². The summed E-state index contributed by atoms with van der Waals surface area (Å²) in [6.07, 6.45) is 5.17. The maximum Gasteiger partial charge on any atom is 0.267 e. The zero-order valence-electron chi connectivity index (χ0n) is 20.0. The number of thioether (sulfide) groups is 1. The van der Waals surface area contributed by atoms with Crippen molar-refractivity contribution in [3.63, 3.8) is 0 Å². The Morgan fingerprint density at radius 2 is 2.08 bits per heavy atom. The monoisotopic (exact) mass is 522 g/mol. The second-order valence-corrected chi connectivity index (χ2v) is 10.4. The van der Waals surface area contributed by atoms with Gasteiger partial charge in [-0.1, -0.05) is 42.2 Å². The first-order chi connectivity index (χ1) is 17.4. The van der Waals surface area contributed by atoms with Crippen LogP contribution in [0, 0.1) is 6.92 Å². The number of pyridine rings is 1. The number of thiocarbonyl (C=S) groups is 1. The Kier molecular flexibility index (Phi) is 7.08. The molecule has 4 heterocycles. The standard InChI is InChI=1S/C26H26N4O4S2/c1-16-5-3-11-29-23(16)28-22(27-14-17-7-9-18(33-2)10-8-17)20(24(29)31)13-21-25(32)30(26(35)36-21)15-19-6-4-12-34-19/h3,5,7-11,13,19,27H,4,6,12,14-15H2,1-2H3/b21-13+/t19-/m0/s1. The Balaban J connectivity index is 1.50. The van der Waals surface area contributed by atoms with Crippen molar-refractivity contribution >= 4 is 51.7 Å². The molecule has 36 heavy (non-hydrogen) atoms. The number of aryl methyl sites for hydroxylation is 1. The summed E-state index contributed by atoms with van der Waals surface area (Å²) in [7, 11) is 1.62. The van der Waals surface area contributed by atoms with E-state index in [9.17, 15) is 9.59 Å². The molecule has 1 atom stereocenters. The van der Waals surface area contributed by atoms with Gasteiger partial charge in [-0.3, -0.25) is 18.9 Å². The van der Waals surface area contributed by atoms with Crippen LogP contribution in [0.4, 0.5) is 5.82 Å². The van der Waals surface area contributed by atoms with E-state index in [1.807, 2.05) is 37.3 Å². The van der Waals surface area contributed by atoms with Crippen LogP contribution in [0.2, 0.25) is 0 Å². The van der Waals surface area contributed by atoms with Gasteiger partial charge in [0.1, 0.15) is 21.5 Å². The van der Waals surface area contributed by atoms with Crippen LogP contribution < -0.4 is 15.6 Å². The third-order valence-electron chi connectivity index (χ3n) is 6.26. The molecule has 2 aromatic heterocycles. The lowest BCUT2D eigenvalue weighted by Crippen LogP contribution is -2.35. The zero-order valence-corrected chi connectivity index (χ0v) is 21.7. The van der Waals surface area contributed by atoms with E-state index in [1.54, 1.807) is 30.3 Å². The van der Waals surface area contributed by atoms with Gasteiger partial charge in [0.05, 0.1) is 30.2 Å². The van der Waals surface area contributed by atoms with Gasteiger partial charge in [0.2, 0.25) is 0 Å². The summed E-state index contributed by atoms with van der Waals surface area (Å²) in [6.45, 7) is 3.49. The number of hydrogen-bond acceptors (Lipinski definition) is 8. The van der Waals surface area contributed by atoms with E-state index in [2.05, 4.69) is 5.32 Å². The molecule has 0 spiro atoms. The molecule has 186 valence electrons. The van der Waals surface area contributed by atoms with E-state index in [0.717, 1.165) is 29.7 Å². The first kappa shape index (κ1) is 24.5. The van der Waals surface area contributed by atoms with Crippen molar-refractivity contribution < 1.29 is 14.3 Å². The Labute approximate surface area is 218 Å². The summed E-state index contributed by atoms with van der Waals surface area (Å²) in [4.78, 5) is 33.5. The summed E-state index contributed by atoms with van der Waals surface area (Å²) >= 11 is 6.69. The normalized spacial score (nSPS) is 19.0. The second-order valence-electron chi connectivity index (χ2n) is 8.69. The maximum atomic E-state index is 13.6. The Bertz CT molecular complexity index is 1410. The van der Waals surface area contributed by atoms with E-state index >= 15 is 0 Å². The minimum absolute atomic E-state index is 0.00971. The molecule has 8 nitrogen and oxygen atoms in total. The summed E-state index contributed by atoms with van der Waals surface area (Å²) in [6, 6.07) is 11.4. The first-order valence-corrected chi connectivity index (χ1v) is 12.9. The molecule has 2 aliphatic heterocycles. The molecular weight excluding hydrogens is 496 g/mol. The van der Waals surface area contributed by atoms with E-state index in [0.29, 0.717) is 46.0 Å². The van der Waals surface area contributed by atoms with Crippen molar-refractivity contribution in [1.29, 1.82) is 0 Å². The Hall–Kier alpha value is -3.21. The number of nitrogens with zero attached hydrogens (tertiary/aromatic N) is 3. The Morgan fingerprint density at radius 3 is 2.81 bits per heavy atom. The van der Waals surface area contributed by atoms with Crippen molar-refractivity contribution in [3.8, 4) is 5.75 Å². The zero-order chi connectivity index (χ0) is 25.2. The van der Waals surface area contributed by atoms with Crippen molar-refractivity contribution in [2.24, 2.45) is 0 Å². The Morgan fingerprint density at radius 1 is 1.28 bits per heavy atom. The van der Waals surface area contributed by atoms with Crippen LogP contribution >= 0.6 is 24.0 Å². The van der Waals surface area contributed by atoms with E-state index in [-0.39, 0.29) is 17.6 Å². The van der Waals surface area contributed by atoms with Crippen LogP contribution in [0.5, 0.6) is 5.75 Å². The highest BCUT2D eigenvalue weighted by Gasteiger charge is 2.35. The first-order valence-electron chi connectivity index (χ1n) is 11.7. The van der Waals surface area contributed by atoms with Gasteiger partial charge in [-0.05, 0) is 55.2 Å². The van der Waals surface area contributed by atoms with Crippen molar-refractivity contribution in [3.05, 3.63) is 74.5 Å². The number of ether oxygens (including phenoxy) is 2. The fourth-order valence-corrected chi connectivity index (χ4v) is 5.54. The molecule has 1 N–H and O–H groups in total. The predicted molar refractivity (Wildman–Crippen MR) is 145 cm³/mol. The van der Waals surface area contributed by atoms with Gasteiger partial charge in [0, 0.05) is 19.3 Å². The quantitative estimate of drug-likeness (QED) is 0.368. The number of carbonyl (C=O) groups excluding carboxylic acids is 1. The highest BCUT2D eigenvalue weighted by Crippen LogP contribution is 2.34. The molecule has 5 rings (SSSR count). The number of anilines is 1. The lowest BCUT2D eigenvalue weighted by atomic mass is 10.2. The minimum atomic E-state index is -0.259. The average molecular weight is 523 g/mol. The molecule has 1 amide bonds. The largest absolute Gasteiger partial charge is 0.497 e. The van der Waals surface area contributed by atoms with E-state index in [1.165, 1.54) is 16.2 Å². The number of methoxy groups -OCH3 is 1. The lowest BCUT2D eigenvalue weighted by molar-refractivity contribution is -0.123. The number of benzene rings is 1. The highest BCUT2D eigenvalue weighted by molar-refractivity contribution is 8.26. The van der Waals surface area contributed by atoms with Gasteiger partial charge in [-0.25, -0.2) is 4.98 Å². The van der Waals surface area contributed by atoms with Crippen LogP contribution in [-0.2, 0) is 16.1 Å². The molecule has 0 unspecified atom stereocenters. The predicted octanol–water partition coefficient (Wildman–Crippen LogP) is 4.00. The summed E-state index contributed by atoms with van der Waals surface area (Å²) < 4.78 is 12.9. The lowest BCUT2D eigenvalue weighted by Gasteiger charge is -2.18. The maximum absolute atomic E-state index is 13.6.